The lowest BCUT2D eigenvalue weighted by molar-refractivity contribution is 0.0908. The Balaban J connectivity index is 3.22. The molecule has 0 aliphatic heterocycles. The Morgan fingerprint density at radius 3 is 2.67 bits per heavy atom. The Hall–Kier alpha value is -1.49. The van der Waals surface area contributed by atoms with Gasteiger partial charge in [-0.25, -0.2) is 9.37 Å². The van der Waals surface area contributed by atoms with E-state index in [1.807, 2.05) is 0 Å². The summed E-state index contributed by atoms with van der Waals surface area (Å²) >= 11 is 0. The molecule has 0 aliphatic rings. The van der Waals surface area contributed by atoms with Crippen LogP contribution < -0.4 is 10.5 Å². The van der Waals surface area contributed by atoms with Crippen LogP contribution in [0.1, 0.15) is 24.2 Å². The predicted molar refractivity (Wildman–Crippen MR) is 53.3 cm³/mol. The first kappa shape index (κ1) is 11.6. The molecule has 0 spiro atoms. The Morgan fingerprint density at radius 2 is 2.20 bits per heavy atom. The number of ether oxygens (including phenoxy) is 1. The van der Waals surface area contributed by atoms with Gasteiger partial charge in [-0.05, 0) is 19.9 Å². The van der Waals surface area contributed by atoms with Crippen LogP contribution in [0.25, 0.3) is 0 Å². The van der Waals surface area contributed by atoms with Crippen molar-refractivity contribution in [1.82, 2.24) is 4.98 Å². The molecule has 0 aromatic carbocycles. The normalized spacial score (nSPS) is 11.3. The van der Waals surface area contributed by atoms with Crippen LogP contribution in [0, 0.1) is 5.82 Å². The monoisotopic (exact) mass is 212 g/mol. The lowest BCUT2D eigenvalue weighted by atomic mass is 9.95. The molecule has 0 bridgehead atoms. The first-order valence-electron chi connectivity index (χ1n) is 4.40. The van der Waals surface area contributed by atoms with Crippen molar-refractivity contribution in [2.45, 2.75) is 19.4 Å². The van der Waals surface area contributed by atoms with E-state index in [1.54, 1.807) is 0 Å². The van der Waals surface area contributed by atoms with Gasteiger partial charge in [0.15, 0.2) is 11.6 Å². The van der Waals surface area contributed by atoms with Crippen LogP contribution in [0.15, 0.2) is 12.3 Å². The number of rotatable bonds is 3. The molecule has 82 valence electrons. The second kappa shape index (κ2) is 3.94. The minimum absolute atomic E-state index is 0.102. The maximum absolute atomic E-state index is 13.6. The zero-order chi connectivity index (χ0) is 11.6. The van der Waals surface area contributed by atoms with Gasteiger partial charge in [0.1, 0.15) is 0 Å². The summed E-state index contributed by atoms with van der Waals surface area (Å²) in [6, 6.07) is 1.29. The number of hydrogen-bond acceptors (Lipinski definition) is 4. The highest BCUT2D eigenvalue weighted by Gasteiger charge is 2.27. The molecule has 1 rings (SSSR count). The summed E-state index contributed by atoms with van der Waals surface area (Å²) in [5, 5.41) is 0. The van der Waals surface area contributed by atoms with Crippen LogP contribution in [-0.4, -0.2) is 23.4 Å². The third-order valence-electron chi connectivity index (χ3n) is 1.88. The molecule has 0 saturated heterocycles. The van der Waals surface area contributed by atoms with Gasteiger partial charge in [-0.2, -0.15) is 0 Å². The molecular formula is C10H13FN2O2. The van der Waals surface area contributed by atoms with Crippen molar-refractivity contribution in [2.24, 2.45) is 5.73 Å². The number of methoxy groups -OCH3 is 1. The number of nitrogens with two attached hydrogens (primary N) is 1. The Labute approximate surface area is 87.3 Å². The molecule has 0 fully saturated rings. The van der Waals surface area contributed by atoms with Crippen molar-refractivity contribution in [2.75, 3.05) is 7.11 Å². The minimum Gasteiger partial charge on any atom is -0.479 e. The van der Waals surface area contributed by atoms with Crippen molar-refractivity contribution < 1.29 is 13.9 Å². The standard InChI is InChI=1S/C10H13FN2O2/c1-10(2,12)8(14)6-4-5-13-9(15-3)7(6)11/h4-5H,12H2,1-3H3. The molecule has 1 heterocycles. The fraction of sp³-hybridized carbons (Fsp3) is 0.400. The summed E-state index contributed by atoms with van der Waals surface area (Å²) < 4.78 is 18.3. The topological polar surface area (TPSA) is 65.2 Å². The average Bonchev–Trinajstić information content (AvgIpc) is 2.16. The van der Waals surface area contributed by atoms with Gasteiger partial charge in [0.05, 0.1) is 18.2 Å². The second-order valence-corrected chi connectivity index (χ2v) is 3.73. The number of aromatic nitrogens is 1. The molecule has 0 atom stereocenters. The highest BCUT2D eigenvalue weighted by molar-refractivity contribution is 6.02. The number of ketones is 1. The van der Waals surface area contributed by atoms with Gasteiger partial charge in [0, 0.05) is 6.20 Å². The summed E-state index contributed by atoms with van der Waals surface area (Å²) in [7, 11) is 1.28. The van der Waals surface area contributed by atoms with Crippen LogP contribution in [0.2, 0.25) is 0 Å². The molecule has 15 heavy (non-hydrogen) atoms. The molecule has 2 N–H and O–H groups in total. The number of hydrogen-bond donors (Lipinski definition) is 1. The fourth-order valence-corrected chi connectivity index (χ4v) is 1.09. The highest BCUT2D eigenvalue weighted by atomic mass is 19.1. The molecule has 5 heteroatoms. The first-order valence-corrected chi connectivity index (χ1v) is 4.40. The average molecular weight is 212 g/mol. The van der Waals surface area contributed by atoms with Gasteiger partial charge in [-0.1, -0.05) is 0 Å². The number of pyridine rings is 1. The van der Waals surface area contributed by atoms with E-state index in [1.165, 1.54) is 33.2 Å². The van der Waals surface area contributed by atoms with E-state index in [-0.39, 0.29) is 11.4 Å². The highest BCUT2D eigenvalue weighted by Crippen LogP contribution is 2.20. The molecule has 1 aromatic heterocycles. The van der Waals surface area contributed by atoms with Gasteiger partial charge in [0.2, 0.25) is 0 Å². The van der Waals surface area contributed by atoms with E-state index in [0.29, 0.717) is 0 Å². The molecule has 0 aliphatic carbocycles. The Morgan fingerprint density at radius 1 is 1.60 bits per heavy atom. The van der Waals surface area contributed by atoms with Crippen LogP contribution in [0.5, 0.6) is 5.88 Å². The molecule has 0 unspecified atom stereocenters. The van der Waals surface area contributed by atoms with Gasteiger partial charge >= 0.3 is 0 Å². The number of nitrogens with zero attached hydrogens (tertiary/aromatic N) is 1. The van der Waals surface area contributed by atoms with Gasteiger partial charge in [-0.3, -0.25) is 4.79 Å². The zero-order valence-electron chi connectivity index (χ0n) is 8.87. The van der Waals surface area contributed by atoms with Gasteiger partial charge < -0.3 is 10.5 Å². The van der Waals surface area contributed by atoms with E-state index in [9.17, 15) is 9.18 Å². The lowest BCUT2D eigenvalue weighted by Crippen LogP contribution is -2.41. The minimum atomic E-state index is -1.12. The van der Waals surface area contributed by atoms with Crippen molar-refractivity contribution in [1.29, 1.82) is 0 Å². The van der Waals surface area contributed by atoms with Crippen LogP contribution >= 0.6 is 0 Å². The summed E-state index contributed by atoms with van der Waals surface area (Å²) in [6.07, 6.45) is 1.31. The Kier molecular flexibility index (Phi) is 3.04. The van der Waals surface area contributed by atoms with Crippen LogP contribution in [-0.2, 0) is 0 Å². The largest absolute Gasteiger partial charge is 0.479 e. The van der Waals surface area contributed by atoms with Crippen LogP contribution in [0.4, 0.5) is 4.39 Å². The third-order valence-corrected chi connectivity index (χ3v) is 1.88. The van der Waals surface area contributed by atoms with Crippen molar-refractivity contribution in [3.05, 3.63) is 23.6 Å². The molecule has 1 aromatic rings. The SMILES string of the molecule is COc1nccc(C(=O)C(C)(C)N)c1F. The predicted octanol–water partition coefficient (Wildman–Crippen LogP) is 1.15. The number of carbonyl (C=O) groups is 1. The molecule has 0 amide bonds. The number of carbonyl (C=O) groups excluding carboxylic acids is 1. The van der Waals surface area contributed by atoms with Gasteiger partial charge in [-0.15, -0.1) is 0 Å². The van der Waals surface area contributed by atoms with E-state index in [4.69, 9.17) is 5.73 Å². The quantitative estimate of drug-likeness (QED) is 0.763. The summed E-state index contributed by atoms with van der Waals surface area (Å²) in [5.41, 5.74) is 4.37. The van der Waals surface area contributed by atoms with E-state index in [0.717, 1.165) is 0 Å². The molecule has 0 saturated carbocycles. The summed E-state index contributed by atoms with van der Waals surface area (Å²) in [4.78, 5) is 15.3. The smallest absolute Gasteiger partial charge is 0.250 e. The summed E-state index contributed by atoms with van der Waals surface area (Å²) in [6.45, 7) is 3.03. The maximum atomic E-state index is 13.6. The van der Waals surface area contributed by atoms with Crippen LogP contribution in [0.3, 0.4) is 0 Å². The zero-order valence-corrected chi connectivity index (χ0v) is 8.87. The van der Waals surface area contributed by atoms with Gasteiger partial charge in [0.25, 0.3) is 5.88 Å². The van der Waals surface area contributed by atoms with E-state index in [2.05, 4.69) is 9.72 Å². The number of Topliss-reactive ketones (excluding diaryl/α,β-unsaturated/α-hetero) is 1. The lowest BCUT2D eigenvalue weighted by Gasteiger charge is -2.17. The fourth-order valence-electron chi connectivity index (χ4n) is 1.09. The molecule has 4 nitrogen and oxygen atoms in total. The maximum Gasteiger partial charge on any atom is 0.250 e. The molecule has 0 radical (unpaired) electrons. The third kappa shape index (κ3) is 2.30. The van der Waals surface area contributed by atoms with Crippen molar-refractivity contribution >= 4 is 5.78 Å². The van der Waals surface area contributed by atoms with E-state index < -0.39 is 17.1 Å². The molecular weight excluding hydrogens is 199 g/mol. The first-order chi connectivity index (χ1) is 6.88. The summed E-state index contributed by atoms with van der Waals surface area (Å²) in [5.74, 6) is -1.46. The second-order valence-electron chi connectivity index (χ2n) is 3.73. The van der Waals surface area contributed by atoms with Crippen molar-refractivity contribution in [3.8, 4) is 5.88 Å². The Bertz CT molecular complexity index is 385. The number of halogens is 1. The van der Waals surface area contributed by atoms with Crippen molar-refractivity contribution in [3.63, 3.8) is 0 Å². The van der Waals surface area contributed by atoms with E-state index >= 15 is 0 Å².